The van der Waals surface area contributed by atoms with E-state index in [1.165, 1.54) is 7.11 Å². The summed E-state index contributed by atoms with van der Waals surface area (Å²) in [7, 11) is 1.51. The smallest absolute Gasteiger partial charge is 0.265 e. The van der Waals surface area contributed by atoms with Crippen molar-refractivity contribution in [3.05, 3.63) is 54.1 Å². The highest BCUT2D eigenvalue weighted by atomic mass is 16.5. The molecule has 1 fully saturated rings. The summed E-state index contributed by atoms with van der Waals surface area (Å²) in [4.78, 5) is 38.4. The zero-order valence-electron chi connectivity index (χ0n) is 16.3. The van der Waals surface area contributed by atoms with Crippen LogP contribution in [0.4, 0.5) is 5.69 Å². The number of anilines is 1. The van der Waals surface area contributed by atoms with Crippen molar-refractivity contribution in [2.24, 2.45) is 0 Å². The van der Waals surface area contributed by atoms with Crippen LogP contribution in [-0.4, -0.2) is 37.5 Å². The lowest BCUT2D eigenvalue weighted by molar-refractivity contribution is -0.121. The maximum absolute atomic E-state index is 12.7. The van der Waals surface area contributed by atoms with Crippen molar-refractivity contribution >= 4 is 23.4 Å². The Bertz CT molecular complexity index is 897. The summed E-state index contributed by atoms with van der Waals surface area (Å²) in [5.74, 6) is 0.0192. The predicted octanol–water partition coefficient (Wildman–Crippen LogP) is 2.05. The number of hydrogen-bond donors (Lipinski definition) is 2. The third kappa shape index (κ3) is 4.72. The average Bonchev–Trinajstić information content (AvgIpc) is 3.04. The number of hydrazine groups is 1. The van der Waals surface area contributed by atoms with Crippen molar-refractivity contribution < 1.29 is 23.9 Å². The van der Waals surface area contributed by atoms with Gasteiger partial charge in [0.15, 0.2) is 0 Å². The molecular formula is C21H23N3O5. The van der Waals surface area contributed by atoms with E-state index in [0.717, 1.165) is 11.3 Å². The Morgan fingerprint density at radius 1 is 1.14 bits per heavy atom. The molecule has 1 saturated heterocycles. The SMILES string of the molecule is CCCOc1ccc(N2C(=O)CC(NNC(=O)c3cccc(OC)c3)C2=O)cc1. The molecule has 29 heavy (non-hydrogen) atoms. The molecule has 0 saturated carbocycles. The number of nitrogens with zero attached hydrogens (tertiary/aromatic N) is 1. The molecule has 0 bridgehead atoms. The normalized spacial score (nSPS) is 16.1. The minimum atomic E-state index is -0.840. The van der Waals surface area contributed by atoms with Crippen LogP contribution in [-0.2, 0) is 9.59 Å². The van der Waals surface area contributed by atoms with E-state index in [-0.39, 0.29) is 12.3 Å². The summed E-state index contributed by atoms with van der Waals surface area (Å²) >= 11 is 0. The van der Waals surface area contributed by atoms with Gasteiger partial charge in [0.05, 0.1) is 25.8 Å². The molecule has 152 valence electrons. The summed E-state index contributed by atoms with van der Waals surface area (Å²) in [5, 5.41) is 0. The van der Waals surface area contributed by atoms with Gasteiger partial charge in [-0.25, -0.2) is 10.3 Å². The number of carbonyl (C=O) groups excluding carboxylic acids is 3. The number of imide groups is 1. The van der Waals surface area contributed by atoms with E-state index in [0.29, 0.717) is 29.4 Å². The molecule has 8 nitrogen and oxygen atoms in total. The van der Waals surface area contributed by atoms with Crippen LogP contribution in [0.25, 0.3) is 0 Å². The van der Waals surface area contributed by atoms with Gasteiger partial charge in [-0.2, -0.15) is 0 Å². The maximum Gasteiger partial charge on any atom is 0.265 e. The molecule has 8 heteroatoms. The van der Waals surface area contributed by atoms with Gasteiger partial charge in [-0.15, -0.1) is 0 Å². The third-order valence-electron chi connectivity index (χ3n) is 4.41. The number of hydrogen-bond acceptors (Lipinski definition) is 6. The summed E-state index contributed by atoms with van der Waals surface area (Å²) in [6.45, 7) is 2.61. The van der Waals surface area contributed by atoms with Crippen LogP contribution in [0.3, 0.4) is 0 Å². The zero-order valence-corrected chi connectivity index (χ0v) is 16.3. The highest BCUT2D eigenvalue weighted by Gasteiger charge is 2.39. The van der Waals surface area contributed by atoms with Gasteiger partial charge >= 0.3 is 0 Å². The van der Waals surface area contributed by atoms with Crippen LogP contribution in [0.2, 0.25) is 0 Å². The molecule has 3 rings (SSSR count). The molecule has 1 heterocycles. The summed E-state index contributed by atoms with van der Waals surface area (Å²) in [6.07, 6.45) is 0.838. The molecule has 0 radical (unpaired) electrons. The largest absolute Gasteiger partial charge is 0.497 e. The number of methoxy groups -OCH3 is 1. The van der Waals surface area contributed by atoms with E-state index in [1.807, 2.05) is 6.92 Å². The molecular weight excluding hydrogens is 374 g/mol. The molecule has 0 aromatic heterocycles. The fourth-order valence-corrected chi connectivity index (χ4v) is 2.92. The van der Waals surface area contributed by atoms with Gasteiger partial charge in [-0.1, -0.05) is 13.0 Å². The predicted molar refractivity (Wildman–Crippen MR) is 107 cm³/mol. The lowest BCUT2D eigenvalue weighted by atomic mass is 10.2. The first-order valence-corrected chi connectivity index (χ1v) is 9.33. The van der Waals surface area contributed by atoms with Gasteiger partial charge in [0, 0.05) is 5.56 Å². The van der Waals surface area contributed by atoms with Crippen molar-refractivity contribution in [3.63, 3.8) is 0 Å². The van der Waals surface area contributed by atoms with E-state index >= 15 is 0 Å². The monoisotopic (exact) mass is 397 g/mol. The van der Waals surface area contributed by atoms with Crippen molar-refractivity contribution in [3.8, 4) is 11.5 Å². The average molecular weight is 397 g/mol. The van der Waals surface area contributed by atoms with Gasteiger partial charge in [-0.05, 0) is 48.9 Å². The standard InChI is InChI=1S/C21H23N3O5/c1-3-11-29-16-9-7-15(8-10-16)24-19(25)13-18(21(24)27)22-23-20(26)14-5-4-6-17(12-14)28-2/h4-10,12,18,22H,3,11,13H2,1-2H3,(H,23,26). The highest BCUT2D eigenvalue weighted by Crippen LogP contribution is 2.25. The lowest BCUT2D eigenvalue weighted by Crippen LogP contribution is -2.48. The van der Waals surface area contributed by atoms with Crippen LogP contribution in [0.5, 0.6) is 11.5 Å². The van der Waals surface area contributed by atoms with E-state index in [9.17, 15) is 14.4 Å². The Labute approximate surface area is 168 Å². The highest BCUT2D eigenvalue weighted by molar-refractivity contribution is 6.22. The summed E-state index contributed by atoms with van der Waals surface area (Å²) in [6, 6.07) is 12.5. The molecule has 1 aliphatic rings. The molecule has 1 aliphatic heterocycles. The Balaban J connectivity index is 1.62. The fourth-order valence-electron chi connectivity index (χ4n) is 2.92. The third-order valence-corrected chi connectivity index (χ3v) is 4.41. The first kappa shape index (κ1) is 20.3. The van der Waals surface area contributed by atoms with E-state index in [2.05, 4.69) is 10.9 Å². The zero-order chi connectivity index (χ0) is 20.8. The van der Waals surface area contributed by atoms with Gasteiger partial charge in [0.2, 0.25) is 5.91 Å². The van der Waals surface area contributed by atoms with Crippen LogP contribution < -0.4 is 25.2 Å². The number of ether oxygens (including phenoxy) is 2. The minimum absolute atomic E-state index is 0.0503. The van der Waals surface area contributed by atoms with E-state index in [1.54, 1.807) is 48.5 Å². The molecule has 2 aromatic carbocycles. The maximum atomic E-state index is 12.7. The second-order valence-corrected chi connectivity index (χ2v) is 6.50. The van der Waals surface area contributed by atoms with E-state index < -0.39 is 17.9 Å². The minimum Gasteiger partial charge on any atom is -0.497 e. The number of amides is 3. The molecule has 3 amide bonds. The topological polar surface area (TPSA) is 97.0 Å². The quantitative estimate of drug-likeness (QED) is 0.523. The Morgan fingerprint density at radius 2 is 1.90 bits per heavy atom. The first-order chi connectivity index (χ1) is 14.0. The Morgan fingerprint density at radius 3 is 2.59 bits per heavy atom. The second-order valence-electron chi connectivity index (χ2n) is 6.50. The van der Waals surface area contributed by atoms with Crippen LogP contribution in [0.1, 0.15) is 30.1 Å². The molecule has 2 aromatic rings. The van der Waals surface area contributed by atoms with Gasteiger partial charge in [-0.3, -0.25) is 19.8 Å². The Hall–Kier alpha value is -3.39. The lowest BCUT2D eigenvalue weighted by Gasteiger charge is -2.16. The van der Waals surface area contributed by atoms with Crippen LogP contribution >= 0.6 is 0 Å². The molecule has 0 aliphatic carbocycles. The molecule has 0 spiro atoms. The molecule has 1 atom stereocenters. The second kappa shape index (κ2) is 9.20. The van der Waals surface area contributed by atoms with Gasteiger partial charge < -0.3 is 9.47 Å². The summed E-state index contributed by atoms with van der Waals surface area (Å²) < 4.78 is 10.6. The fraction of sp³-hybridized carbons (Fsp3) is 0.286. The number of rotatable bonds is 8. The van der Waals surface area contributed by atoms with Crippen LogP contribution in [0, 0.1) is 0 Å². The number of carbonyl (C=O) groups is 3. The number of benzene rings is 2. The van der Waals surface area contributed by atoms with E-state index in [4.69, 9.17) is 9.47 Å². The van der Waals surface area contributed by atoms with Crippen molar-refractivity contribution in [2.45, 2.75) is 25.8 Å². The number of nitrogens with one attached hydrogen (secondary N) is 2. The molecule has 1 unspecified atom stereocenters. The van der Waals surface area contributed by atoms with Crippen molar-refractivity contribution in [1.29, 1.82) is 0 Å². The van der Waals surface area contributed by atoms with Crippen molar-refractivity contribution in [2.75, 3.05) is 18.6 Å². The van der Waals surface area contributed by atoms with Crippen molar-refractivity contribution in [1.82, 2.24) is 10.9 Å². The Kier molecular flexibility index (Phi) is 6.46. The van der Waals surface area contributed by atoms with Gasteiger partial charge in [0.1, 0.15) is 17.5 Å². The molecule has 2 N–H and O–H groups in total. The van der Waals surface area contributed by atoms with Gasteiger partial charge in [0.25, 0.3) is 11.8 Å². The first-order valence-electron chi connectivity index (χ1n) is 9.33. The van der Waals surface area contributed by atoms with Crippen LogP contribution in [0.15, 0.2) is 48.5 Å². The summed E-state index contributed by atoms with van der Waals surface area (Å²) in [5.41, 5.74) is 5.98.